The van der Waals surface area contributed by atoms with Crippen LogP contribution >= 0.6 is 0 Å². The van der Waals surface area contributed by atoms with Crippen LogP contribution in [0.4, 0.5) is 16.2 Å². The number of benzene rings is 4. The van der Waals surface area contributed by atoms with Crippen molar-refractivity contribution in [2.75, 3.05) is 23.8 Å². The minimum atomic E-state index is -4.32. The van der Waals surface area contributed by atoms with Crippen LogP contribution in [0.1, 0.15) is 11.1 Å². The van der Waals surface area contributed by atoms with E-state index in [1.54, 1.807) is 50.6 Å². The molecule has 3 N–H and O–H groups in total. The molecule has 10 nitrogen and oxygen atoms in total. The molecule has 0 unspecified atom stereocenters. The van der Waals surface area contributed by atoms with Crippen LogP contribution in [0.3, 0.4) is 0 Å². The summed E-state index contributed by atoms with van der Waals surface area (Å²) in [5.41, 5.74) is 2.58. The molecule has 1 atom stereocenters. The summed E-state index contributed by atoms with van der Waals surface area (Å²) in [4.78, 5) is 27.7. The van der Waals surface area contributed by atoms with Crippen molar-refractivity contribution in [1.29, 1.82) is 0 Å². The minimum absolute atomic E-state index is 0.144. The first-order chi connectivity index (χ1) is 20.2. The third-order valence-electron chi connectivity index (χ3n) is 6.26. The molecule has 218 valence electrons. The van der Waals surface area contributed by atoms with Gasteiger partial charge in [0.15, 0.2) is 0 Å². The van der Waals surface area contributed by atoms with Crippen molar-refractivity contribution in [2.45, 2.75) is 19.1 Å². The lowest BCUT2D eigenvalue weighted by molar-refractivity contribution is -0.120. The Morgan fingerprint density at radius 1 is 0.786 bits per heavy atom. The van der Waals surface area contributed by atoms with Crippen molar-refractivity contribution in [3.8, 4) is 11.5 Å². The van der Waals surface area contributed by atoms with Crippen LogP contribution in [0.25, 0.3) is 0 Å². The molecule has 0 fully saturated rings. The molecular weight excluding hydrogens is 556 g/mol. The number of anilines is 2. The first-order valence-corrected chi connectivity index (χ1v) is 14.5. The third kappa shape index (κ3) is 8.73. The van der Waals surface area contributed by atoms with Crippen molar-refractivity contribution in [1.82, 2.24) is 10.0 Å². The van der Waals surface area contributed by atoms with E-state index in [1.807, 2.05) is 65.4 Å². The predicted octanol–water partition coefficient (Wildman–Crippen LogP) is 4.50. The fraction of sp³-hybridized carbons (Fsp3) is 0.161. The van der Waals surface area contributed by atoms with Crippen LogP contribution in [0, 0.1) is 0 Å². The average molecular weight is 589 g/mol. The van der Waals surface area contributed by atoms with E-state index in [9.17, 15) is 18.0 Å². The van der Waals surface area contributed by atoms with Gasteiger partial charge in [-0.3, -0.25) is 9.52 Å². The molecule has 0 aliphatic carbocycles. The van der Waals surface area contributed by atoms with Gasteiger partial charge in [-0.15, -0.1) is 0 Å². The van der Waals surface area contributed by atoms with Gasteiger partial charge in [0, 0.05) is 19.2 Å². The molecule has 3 amide bonds. The maximum atomic E-state index is 13.4. The van der Waals surface area contributed by atoms with Crippen molar-refractivity contribution in [3.63, 3.8) is 0 Å². The summed E-state index contributed by atoms with van der Waals surface area (Å²) in [7, 11) is -1.20. The Morgan fingerprint density at radius 2 is 1.36 bits per heavy atom. The van der Waals surface area contributed by atoms with E-state index >= 15 is 0 Å². The van der Waals surface area contributed by atoms with Gasteiger partial charge in [0.1, 0.15) is 24.1 Å². The topological polar surface area (TPSA) is 126 Å². The highest BCUT2D eigenvalue weighted by atomic mass is 32.2. The molecule has 0 aliphatic heterocycles. The normalized spacial score (nSPS) is 11.6. The van der Waals surface area contributed by atoms with Crippen LogP contribution in [-0.4, -0.2) is 40.6 Å². The van der Waals surface area contributed by atoms with Crippen LogP contribution < -0.4 is 29.1 Å². The molecule has 4 rings (SSSR count). The number of hydrogen-bond donors (Lipinski definition) is 3. The molecule has 0 saturated heterocycles. The minimum Gasteiger partial charge on any atom is -0.497 e. The van der Waals surface area contributed by atoms with Crippen LogP contribution in [-0.2, 0) is 28.0 Å². The summed E-state index contributed by atoms with van der Waals surface area (Å²) < 4.78 is 40.5. The van der Waals surface area contributed by atoms with Crippen molar-refractivity contribution in [3.05, 3.63) is 120 Å². The molecule has 0 saturated carbocycles. The fourth-order valence-corrected chi connectivity index (χ4v) is 4.87. The van der Waals surface area contributed by atoms with E-state index in [-0.39, 0.29) is 12.1 Å². The van der Waals surface area contributed by atoms with Gasteiger partial charge in [-0.1, -0.05) is 60.7 Å². The summed E-state index contributed by atoms with van der Waals surface area (Å²) in [5.74, 6) is 0.747. The third-order valence-corrected chi connectivity index (χ3v) is 7.22. The molecule has 0 heterocycles. The Balaban J connectivity index is 1.39. The van der Waals surface area contributed by atoms with E-state index in [1.165, 1.54) is 17.0 Å². The SMILES string of the molecule is COc1ccc(N(C)C(=O)[C@H](Cc2ccccc2)NC(=O)NS(=O)(=O)Nc2ccc(OCc3ccccc3)cc2)cc1. The zero-order chi connectivity index (χ0) is 30.0. The molecule has 4 aromatic carbocycles. The molecule has 0 aromatic heterocycles. The Labute approximate surface area is 245 Å². The van der Waals surface area contributed by atoms with Gasteiger partial charge in [-0.25, -0.2) is 9.52 Å². The number of urea groups is 1. The first-order valence-electron chi connectivity index (χ1n) is 13.1. The number of carbonyl (C=O) groups is 2. The Morgan fingerprint density at radius 3 is 1.95 bits per heavy atom. The summed E-state index contributed by atoms with van der Waals surface area (Å²) in [6.07, 6.45) is 0.144. The highest BCUT2D eigenvalue weighted by Crippen LogP contribution is 2.20. The Hall–Kier alpha value is -5.03. The van der Waals surface area contributed by atoms with E-state index in [0.29, 0.717) is 23.8 Å². The monoisotopic (exact) mass is 588 g/mol. The largest absolute Gasteiger partial charge is 0.497 e. The molecule has 0 bridgehead atoms. The van der Waals surface area contributed by atoms with E-state index in [4.69, 9.17) is 9.47 Å². The highest BCUT2D eigenvalue weighted by molar-refractivity contribution is 7.91. The second-order valence-corrected chi connectivity index (χ2v) is 10.7. The molecule has 0 radical (unpaired) electrons. The summed E-state index contributed by atoms with van der Waals surface area (Å²) >= 11 is 0. The molecule has 0 spiro atoms. The molecule has 11 heteroatoms. The second kappa shape index (κ2) is 14.0. The summed E-state index contributed by atoms with van der Waals surface area (Å²) in [5, 5.41) is 2.52. The molecular formula is C31H32N4O6S. The summed E-state index contributed by atoms with van der Waals surface area (Å²) in [6, 6.07) is 29.7. The van der Waals surface area contributed by atoms with Crippen LogP contribution in [0.15, 0.2) is 109 Å². The predicted molar refractivity (Wildman–Crippen MR) is 162 cm³/mol. The first kappa shape index (κ1) is 29.9. The standard InChI is InChI=1S/C31H32N4O6S/c1-35(26-15-19-27(40-2)20-16-26)30(36)29(21-23-9-5-3-6-10-23)32-31(37)34-42(38,39)33-25-13-17-28(18-14-25)41-22-24-11-7-4-8-12-24/h3-20,29,33H,21-22H2,1-2H3,(H2,32,34,37)/t29-/m0/s1. The van der Waals surface area contributed by atoms with E-state index in [0.717, 1.165) is 11.1 Å². The van der Waals surface area contributed by atoms with Crippen LogP contribution in [0.5, 0.6) is 11.5 Å². The van der Waals surface area contributed by atoms with Crippen molar-refractivity contribution < 1.29 is 27.5 Å². The molecule has 42 heavy (non-hydrogen) atoms. The smallest absolute Gasteiger partial charge is 0.330 e. The van der Waals surface area contributed by atoms with E-state index < -0.39 is 28.2 Å². The lowest BCUT2D eigenvalue weighted by atomic mass is 10.0. The number of amides is 3. The number of likely N-dealkylation sites (N-methyl/N-ethyl adjacent to an activating group) is 1. The van der Waals surface area contributed by atoms with Gasteiger partial charge in [0.2, 0.25) is 5.91 Å². The second-order valence-electron chi connectivity index (χ2n) is 9.32. The fourth-order valence-electron chi connectivity index (χ4n) is 4.07. The quantitative estimate of drug-likeness (QED) is 0.224. The van der Waals surface area contributed by atoms with Gasteiger partial charge in [-0.05, 0) is 59.7 Å². The maximum absolute atomic E-state index is 13.4. The Bertz CT molecular complexity index is 1570. The number of ether oxygens (including phenoxy) is 2. The summed E-state index contributed by atoms with van der Waals surface area (Å²) in [6.45, 7) is 0.365. The highest BCUT2D eigenvalue weighted by Gasteiger charge is 2.27. The zero-order valence-corrected chi connectivity index (χ0v) is 24.0. The van der Waals surface area contributed by atoms with Crippen molar-refractivity contribution in [2.24, 2.45) is 0 Å². The number of rotatable bonds is 12. The number of nitrogens with one attached hydrogen (secondary N) is 3. The van der Waals surface area contributed by atoms with Gasteiger partial charge < -0.3 is 19.7 Å². The molecule has 4 aromatic rings. The number of nitrogens with zero attached hydrogens (tertiary/aromatic N) is 1. The Kier molecular flexibility index (Phi) is 10.0. The van der Waals surface area contributed by atoms with Gasteiger partial charge >= 0.3 is 16.2 Å². The lowest BCUT2D eigenvalue weighted by Crippen LogP contribution is -2.53. The van der Waals surface area contributed by atoms with Crippen LogP contribution in [0.2, 0.25) is 0 Å². The van der Waals surface area contributed by atoms with Gasteiger partial charge in [0.05, 0.1) is 12.8 Å². The zero-order valence-electron chi connectivity index (χ0n) is 23.2. The van der Waals surface area contributed by atoms with Crippen molar-refractivity contribution >= 4 is 33.5 Å². The molecule has 0 aliphatic rings. The van der Waals surface area contributed by atoms with Gasteiger partial charge in [0.25, 0.3) is 0 Å². The van der Waals surface area contributed by atoms with E-state index in [2.05, 4.69) is 10.0 Å². The maximum Gasteiger partial charge on any atom is 0.330 e. The van der Waals surface area contributed by atoms with Gasteiger partial charge in [-0.2, -0.15) is 8.42 Å². The number of hydrogen-bond acceptors (Lipinski definition) is 6. The number of methoxy groups -OCH3 is 1. The lowest BCUT2D eigenvalue weighted by Gasteiger charge is -2.25. The average Bonchev–Trinajstić information content (AvgIpc) is 3.00. The number of carbonyl (C=O) groups excluding carboxylic acids is 2.